The van der Waals surface area contributed by atoms with E-state index in [9.17, 15) is 18.0 Å². The van der Waals surface area contributed by atoms with Crippen molar-refractivity contribution in [2.75, 3.05) is 0 Å². The first kappa shape index (κ1) is 15.7. The smallest absolute Gasteiger partial charge is 0.349 e. The number of rotatable bonds is 3. The number of halogens is 5. The maximum Gasteiger partial charge on any atom is 0.391 e. The monoisotopic (exact) mass is 435 g/mol. The van der Waals surface area contributed by atoms with Gasteiger partial charge < -0.3 is 5.32 Å². The van der Waals surface area contributed by atoms with Crippen molar-refractivity contribution < 1.29 is 18.0 Å². The summed E-state index contributed by atoms with van der Waals surface area (Å²) in [4.78, 5) is 11.8. The molecule has 2 nitrogen and oxygen atoms in total. The van der Waals surface area contributed by atoms with Gasteiger partial charge in [-0.15, -0.1) is 0 Å². The van der Waals surface area contributed by atoms with Crippen LogP contribution in [0, 0.1) is 3.57 Å². The van der Waals surface area contributed by atoms with Gasteiger partial charge in [-0.2, -0.15) is 13.2 Å². The zero-order chi connectivity index (χ0) is 13.9. The number of carbonyl (C=O) groups excluding carboxylic acids is 1. The van der Waals surface area contributed by atoms with E-state index in [0.29, 0.717) is 10.0 Å². The number of benzene rings is 1. The fraction of sp³-hybridized carbons (Fsp3) is 0.364. The molecule has 0 aliphatic rings. The zero-order valence-corrected chi connectivity index (χ0v) is 13.1. The van der Waals surface area contributed by atoms with Gasteiger partial charge in [-0.25, -0.2) is 0 Å². The van der Waals surface area contributed by atoms with Gasteiger partial charge in [-0.1, -0.05) is 0 Å². The molecule has 100 valence electrons. The van der Waals surface area contributed by atoms with Crippen LogP contribution < -0.4 is 5.32 Å². The molecule has 1 amide bonds. The Balaban J connectivity index is 2.74. The van der Waals surface area contributed by atoms with Gasteiger partial charge in [0, 0.05) is 14.1 Å². The van der Waals surface area contributed by atoms with Crippen LogP contribution in [-0.4, -0.2) is 18.1 Å². The van der Waals surface area contributed by atoms with E-state index in [-0.39, 0.29) is 0 Å². The highest BCUT2D eigenvalue weighted by molar-refractivity contribution is 14.1. The fourth-order valence-corrected chi connectivity index (χ4v) is 2.29. The maximum absolute atomic E-state index is 12.1. The molecular formula is C11H10BrF3INO. The number of alkyl halides is 3. The Bertz CT molecular complexity index is 450. The average molecular weight is 436 g/mol. The number of hydrogen-bond acceptors (Lipinski definition) is 1. The Hall–Kier alpha value is -0.310. The van der Waals surface area contributed by atoms with Crippen LogP contribution in [0.25, 0.3) is 0 Å². The minimum Gasteiger partial charge on any atom is -0.349 e. The molecule has 0 fully saturated rings. The first-order valence-electron chi connectivity index (χ1n) is 5.01. The summed E-state index contributed by atoms with van der Waals surface area (Å²) in [6, 6.07) is 4.13. The summed E-state index contributed by atoms with van der Waals surface area (Å²) in [6.45, 7) is 1.33. The summed E-state index contributed by atoms with van der Waals surface area (Å²) >= 11 is 5.23. The lowest BCUT2D eigenvalue weighted by atomic mass is 10.2. The van der Waals surface area contributed by atoms with Crippen molar-refractivity contribution in [3.8, 4) is 0 Å². The van der Waals surface area contributed by atoms with Gasteiger partial charge in [0.05, 0.1) is 12.0 Å². The summed E-state index contributed by atoms with van der Waals surface area (Å²) in [7, 11) is 0. The van der Waals surface area contributed by atoms with Gasteiger partial charge in [-0.3, -0.25) is 4.79 Å². The molecule has 0 aromatic heterocycles. The van der Waals surface area contributed by atoms with Crippen LogP contribution in [-0.2, 0) is 0 Å². The van der Waals surface area contributed by atoms with Crippen LogP contribution in [0.15, 0.2) is 22.7 Å². The van der Waals surface area contributed by atoms with Gasteiger partial charge in [0.1, 0.15) is 0 Å². The van der Waals surface area contributed by atoms with E-state index in [4.69, 9.17) is 0 Å². The van der Waals surface area contributed by atoms with Crippen LogP contribution in [0.4, 0.5) is 13.2 Å². The quantitative estimate of drug-likeness (QED) is 0.711. The molecular weight excluding hydrogens is 426 g/mol. The van der Waals surface area contributed by atoms with E-state index in [0.717, 1.165) is 3.57 Å². The molecule has 0 saturated heterocycles. The summed E-state index contributed by atoms with van der Waals surface area (Å²) in [5, 5.41) is 2.33. The Kier molecular flexibility index (Phi) is 5.45. The van der Waals surface area contributed by atoms with E-state index in [1.54, 1.807) is 18.2 Å². The molecule has 18 heavy (non-hydrogen) atoms. The van der Waals surface area contributed by atoms with Crippen LogP contribution in [0.5, 0.6) is 0 Å². The third-order valence-electron chi connectivity index (χ3n) is 2.09. The lowest BCUT2D eigenvalue weighted by Crippen LogP contribution is -2.36. The van der Waals surface area contributed by atoms with Crippen molar-refractivity contribution in [1.29, 1.82) is 0 Å². The van der Waals surface area contributed by atoms with Crippen molar-refractivity contribution in [2.45, 2.75) is 25.6 Å². The molecule has 0 heterocycles. The van der Waals surface area contributed by atoms with Gasteiger partial charge in [0.15, 0.2) is 0 Å². The van der Waals surface area contributed by atoms with Crippen molar-refractivity contribution in [2.24, 2.45) is 0 Å². The van der Waals surface area contributed by atoms with E-state index >= 15 is 0 Å². The topological polar surface area (TPSA) is 29.1 Å². The van der Waals surface area contributed by atoms with E-state index < -0.39 is 24.5 Å². The summed E-state index contributed by atoms with van der Waals surface area (Å²) in [6.07, 6.45) is -5.32. The largest absolute Gasteiger partial charge is 0.391 e. The Labute approximate surface area is 125 Å². The van der Waals surface area contributed by atoms with Gasteiger partial charge in [0.25, 0.3) is 5.91 Å². The number of carbonyl (C=O) groups is 1. The molecule has 1 aromatic rings. The molecule has 0 radical (unpaired) electrons. The van der Waals surface area contributed by atoms with Crippen molar-refractivity contribution in [1.82, 2.24) is 5.32 Å². The molecule has 0 bridgehead atoms. The highest BCUT2D eigenvalue weighted by atomic mass is 127. The predicted octanol–water partition coefficient (Wildman–Crippen LogP) is 4.12. The lowest BCUT2D eigenvalue weighted by molar-refractivity contribution is -0.138. The van der Waals surface area contributed by atoms with E-state index in [2.05, 4.69) is 21.2 Å². The Morgan fingerprint density at radius 2 is 2.11 bits per heavy atom. The third-order valence-corrected chi connectivity index (χ3v) is 3.45. The highest BCUT2D eigenvalue weighted by Gasteiger charge is 2.30. The molecule has 1 rings (SSSR count). The standard InChI is InChI=1S/C11H10BrF3INO/c1-6(5-11(13,14)15)17-10(18)8-4-7(16)2-3-9(8)12/h2-4,6H,5H2,1H3,(H,17,18). The number of hydrogen-bond donors (Lipinski definition) is 1. The molecule has 0 aliphatic carbocycles. The first-order chi connectivity index (χ1) is 8.19. The molecule has 1 atom stereocenters. The summed E-state index contributed by atoms with van der Waals surface area (Å²) in [5.41, 5.74) is 0.330. The predicted molar refractivity (Wildman–Crippen MR) is 74.5 cm³/mol. The molecule has 0 aliphatic heterocycles. The van der Waals surface area contributed by atoms with Gasteiger partial charge >= 0.3 is 6.18 Å². The van der Waals surface area contributed by atoms with Crippen LogP contribution in [0.1, 0.15) is 23.7 Å². The second-order valence-electron chi connectivity index (χ2n) is 3.82. The van der Waals surface area contributed by atoms with Crippen LogP contribution in [0.2, 0.25) is 0 Å². The van der Waals surface area contributed by atoms with E-state index in [1.807, 2.05) is 22.6 Å². The Morgan fingerprint density at radius 1 is 1.50 bits per heavy atom. The van der Waals surface area contributed by atoms with Crippen molar-refractivity contribution in [3.63, 3.8) is 0 Å². The summed E-state index contributed by atoms with van der Waals surface area (Å²) < 4.78 is 37.8. The molecule has 7 heteroatoms. The van der Waals surface area contributed by atoms with Gasteiger partial charge in [0.2, 0.25) is 0 Å². The Morgan fingerprint density at radius 3 is 2.67 bits per heavy atom. The molecule has 1 N–H and O–H groups in total. The first-order valence-corrected chi connectivity index (χ1v) is 6.89. The molecule has 0 spiro atoms. The normalized spacial score (nSPS) is 13.2. The SMILES string of the molecule is CC(CC(F)(F)F)NC(=O)c1cc(I)ccc1Br. The minimum atomic E-state index is -4.28. The van der Waals surface area contributed by atoms with Crippen LogP contribution in [0.3, 0.4) is 0 Å². The maximum atomic E-state index is 12.1. The highest BCUT2D eigenvalue weighted by Crippen LogP contribution is 2.23. The molecule has 0 saturated carbocycles. The summed E-state index contributed by atoms with van der Waals surface area (Å²) in [5.74, 6) is -0.517. The number of nitrogens with one attached hydrogen (secondary N) is 1. The van der Waals surface area contributed by atoms with Crippen molar-refractivity contribution in [3.05, 3.63) is 31.8 Å². The average Bonchev–Trinajstić information content (AvgIpc) is 2.18. The molecule has 1 aromatic carbocycles. The minimum absolute atomic E-state index is 0.330. The lowest BCUT2D eigenvalue weighted by Gasteiger charge is -2.16. The third kappa shape index (κ3) is 5.13. The second-order valence-corrected chi connectivity index (χ2v) is 5.92. The molecule has 1 unspecified atom stereocenters. The fourth-order valence-electron chi connectivity index (χ4n) is 1.37. The van der Waals surface area contributed by atoms with E-state index in [1.165, 1.54) is 6.92 Å². The van der Waals surface area contributed by atoms with Crippen LogP contribution >= 0.6 is 38.5 Å². The zero-order valence-electron chi connectivity index (χ0n) is 9.31. The van der Waals surface area contributed by atoms with Gasteiger partial charge in [-0.05, 0) is 63.6 Å². The number of amides is 1. The van der Waals surface area contributed by atoms with Crippen molar-refractivity contribution >= 4 is 44.4 Å². The second kappa shape index (κ2) is 6.23.